The van der Waals surface area contributed by atoms with Gasteiger partial charge in [-0.15, -0.1) is 0 Å². The molecule has 2 heteroatoms. The number of hydrogen-bond acceptors (Lipinski definition) is 2. The summed E-state index contributed by atoms with van der Waals surface area (Å²) < 4.78 is 5.78. The maximum Gasteiger partial charge on any atom is 0.145 e. The Labute approximate surface area is 82.5 Å². The van der Waals surface area contributed by atoms with Crippen molar-refractivity contribution in [2.45, 2.75) is 18.9 Å². The molecule has 0 aliphatic heterocycles. The molecule has 1 aromatic carbocycles. The zero-order chi connectivity index (χ0) is 9.38. The molecule has 0 radical (unpaired) electrons. The number of fused-ring (bicyclic) bond motifs is 1. The molecule has 1 aliphatic rings. The molecule has 0 unspecified atom stereocenters. The highest BCUT2D eigenvalue weighted by atomic mass is 16.5. The Morgan fingerprint density at radius 1 is 1.14 bits per heavy atom. The zero-order valence-corrected chi connectivity index (χ0v) is 7.81. The van der Waals surface area contributed by atoms with E-state index in [0.29, 0.717) is 6.10 Å². The van der Waals surface area contributed by atoms with Crippen LogP contribution in [0.1, 0.15) is 12.8 Å². The Bertz CT molecular complexity index is 457. The molecular weight excluding hydrogens is 174 g/mol. The molecule has 0 saturated heterocycles. The lowest BCUT2D eigenvalue weighted by molar-refractivity contribution is 0.306. The van der Waals surface area contributed by atoms with Gasteiger partial charge in [0.25, 0.3) is 0 Å². The van der Waals surface area contributed by atoms with Crippen molar-refractivity contribution in [1.82, 2.24) is 4.98 Å². The topological polar surface area (TPSA) is 22.1 Å². The summed E-state index contributed by atoms with van der Waals surface area (Å²) in [5.41, 5.74) is 0.974. The maximum absolute atomic E-state index is 5.78. The fraction of sp³-hybridized carbons (Fsp3) is 0.250. The average Bonchev–Trinajstić information content (AvgIpc) is 3.03. The van der Waals surface area contributed by atoms with E-state index >= 15 is 0 Å². The molecule has 14 heavy (non-hydrogen) atoms. The SMILES string of the molecule is c1cnc2c(OC3CC3)cccc2c1. The van der Waals surface area contributed by atoms with Crippen LogP contribution in [-0.4, -0.2) is 11.1 Å². The van der Waals surface area contributed by atoms with Crippen LogP contribution in [0.3, 0.4) is 0 Å². The van der Waals surface area contributed by atoms with E-state index in [1.54, 1.807) is 0 Å². The summed E-state index contributed by atoms with van der Waals surface area (Å²) in [7, 11) is 0. The van der Waals surface area contributed by atoms with Crippen LogP contribution < -0.4 is 4.74 Å². The van der Waals surface area contributed by atoms with Crippen LogP contribution in [0.25, 0.3) is 10.9 Å². The van der Waals surface area contributed by atoms with Crippen molar-refractivity contribution in [3.8, 4) is 5.75 Å². The van der Waals surface area contributed by atoms with Gasteiger partial charge in [-0.25, -0.2) is 0 Å². The van der Waals surface area contributed by atoms with E-state index < -0.39 is 0 Å². The highest BCUT2D eigenvalue weighted by Crippen LogP contribution is 2.30. The van der Waals surface area contributed by atoms with Crippen LogP contribution in [0.2, 0.25) is 0 Å². The molecule has 70 valence electrons. The second kappa shape index (κ2) is 2.98. The van der Waals surface area contributed by atoms with Gasteiger partial charge in [-0.3, -0.25) is 4.98 Å². The van der Waals surface area contributed by atoms with Crippen molar-refractivity contribution in [2.75, 3.05) is 0 Å². The molecule has 0 N–H and O–H groups in total. The first-order valence-corrected chi connectivity index (χ1v) is 4.94. The summed E-state index contributed by atoms with van der Waals surface area (Å²) in [6.45, 7) is 0. The molecule has 2 nitrogen and oxygen atoms in total. The summed E-state index contributed by atoms with van der Waals surface area (Å²) in [6.07, 6.45) is 4.61. The maximum atomic E-state index is 5.78. The van der Waals surface area contributed by atoms with Gasteiger partial charge in [-0.05, 0) is 25.0 Å². The zero-order valence-electron chi connectivity index (χ0n) is 7.81. The Kier molecular flexibility index (Phi) is 1.66. The quantitative estimate of drug-likeness (QED) is 0.717. The smallest absolute Gasteiger partial charge is 0.145 e. The Balaban J connectivity index is 2.11. The highest BCUT2D eigenvalue weighted by molar-refractivity contribution is 5.84. The summed E-state index contributed by atoms with van der Waals surface area (Å²) in [4.78, 5) is 4.34. The first-order valence-electron chi connectivity index (χ1n) is 4.94. The van der Waals surface area contributed by atoms with Gasteiger partial charge in [-0.2, -0.15) is 0 Å². The van der Waals surface area contributed by atoms with Crippen molar-refractivity contribution < 1.29 is 4.74 Å². The fourth-order valence-corrected chi connectivity index (χ4v) is 1.54. The van der Waals surface area contributed by atoms with E-state index in [-0.39, 0.29) is 0 Å². The normalized spacial score (nSPS) is 15.7. The van der Waals surface area contributed by atoms with Gasteiger partial charge in [0.05, 0.1) is 6.10 Å². The number of pyridine rings is 1. The number of rotatable bonds is 2. The van der Waals surface area contributed by atoms with Crippen molar-refractivity contribution in [3.63, 3.8) is 0 Å². The van der Waals surface area contributed by atoms with E-state index in [2.05, 4.69) is 17.1 Å². The minimum absolute atomic E-state index is 0.433. The second-order valence-electron chi connectivity index (χ2n) is 3.65. The van der Waals surface area contributed by atoms with Crippen molar-refractivity contribution in [3.05, 3.63) is 36.5 Å². The van der Waals surface area contributed by atoms with E-state index in [4.69, 9.17) is 4.74 Å². The number of benzene rings is 1. The largest absolute Gasteiger partial charge is 0.488 e. The van der Waals surface area contributed by atoms with Gasteiger partial charge in [0.2, 0.25) is 0 Å². The monoisotopic (exact) mass is 185 g/mol. The van der Waals surface area contributed by atoms with Crippen molar-refractivity contribution >= 4 is 10.9 Å². The van der Waals surface area contributed by atoms with Crippen molar-refractivity contribution in [2.24, 2.45) is 0 Å². The number of ether oxygens (including phenoxy) is 1. The fourth-order valence-electron chi connectivity index (χ4n) is 1.54. The summed E-state index contributed by atoms with van der Waals surface area (Å²) in [5, 5.41) is 1.14. The first kappa shape index (κ1) is 7.80. The van der Waals surface area contributed by atoms with Gasteiger partial charge in [-0.1, -0.05) is 18.2 Å². The number of para-hydroxylation sites is 1. The van der Waals surface area contributed by atoms with Crippen LogP contribution in [0.15, 0.2) is 36.5 Å². The van der Waals surface area contributed by atoms with Crippen LogP contribution in [0.5, 0.6) is 5.75 Å². The third kappa shape index (κ3) is 1.33. The molecule has 0 bridgehead atoms. The van der Waals surface area contributed by atoms with Gasteiger partial charge in [0.15, 0.2) is 0 Å². The van der Waals surface area contributed by atoms with Gasteiger partial charge in [0.1, 0.15) is 11.3 Å². The average molecular weight is 185 g/mol. The van der Waals surface area contributed by atoms with E-state index in [0.717, 1.165) is 16.7 Å². The van der Waals surface area contributed by atoms with Crippen molar-refractivity contribution in [1.29, 1.82) is 0 Å². The van der Waals surface area contributed by atoms with E-state index in [9.17, 15) is 0 Å². The minimum atomic E-state index is 0.433. The lowest BCUT2D eigenvalue weighted by atomic mass is 10.2. The van der Waals surface area contributed by atoms with E-state index in [1.165, 1.54) is 12.8 Å². The lowest BCUT2D eigenvalue weighted by Crippen LogP contribution is -1.96. The van der Waals surface area contributed by atoms with Crippen LogP contribution in [0.4, 0.5) is 0 Å². The molecule has 1 aromatic heterocycles. The van der Waals surface area contributed by atoms with Gasteiger partial charge in [0, 0.05) is 11.6 Å². The Morgan fingerprint density at radius 2 is 2.00 bits per heavy atom. The molecule has 1 heterocycles. The molecule has 0 atom stereocenters. The number of nitrogens with zero attached hydrogens (tertiary/aromatic N) is 1. The third-order valence-electron chi connectivity index (χ3n) is 2.41. The minimum Gasteiger partial charge on any atom is -0.488 e. The Hall–Kier alpha value is -1.57. The molecule has 0 amide bonds. The van der Waals surface area contributed by atoms with E-state index in [1.807, 2.05) is 24.4 Å². The summed E-state index contributed by atoms with van der Waals surface area (Å²) in [5.74, 6) is 0.922. The lowest BCUT2D eigenvalue weighted by Gasteiger charge is -2.06. The predicted molar refractivity (Wildman–Crippen MR) is 55.4 cm³/mol. The number of hydrogen-bond donors (Lipinski definition) is 0. The summed E-state index contributed by atoms with van der Waals surface area (Å²) >= 11 is 0. The first-order chi connectivity index (χ1) is 6.93. The molecule has 0 spiro atoms. The van der Waals surface area contributed by atoms with Gasteiger partial charge < -0.3 is 4.74 Å². The Morgan fingerprint density at radius 3 is 2.86 bits per heavy atom. The third-order valence-corrected chi connectivity index (χ3v) is 2.41. The molecule has 3 rings (SSSR count). The molecule has 2 aromatic rings. The van der Waals surface area contributed by atoms with Crippen LogP contribution in [0, 0.1) is 0 Å². The highest BCUT2D eigenvalue weighted by Gasteiger charge is 2.24. The molecular formula is C12H11NO. The predicted octanol–water partition coefficient (Wildman–Crippen LogP) is 2.78. The van der Waals surface area contributed by atoms with Gasteiger partial charge >= 0.3 is 0 Å². The van der Waals surface area contributed by atoms with Crippen LogP contribution in [-0.2, 0) is 0 Å². The standard InChI is InChI=1S/C12H11NO/c1-3-9-4-2-8-13-12(9)11(5-1)14-10-6-7-10/h1-5,8,10H,6-7H2. The van der Waals surface area contributed by atoms with Crippen LogP contribution >= 0.6 is 0 Å². The number of aromatic nitrogens is 1. The molecule has 1 aliphatic carbocycles. The molecule has 1 fully saturated rings. The summed E-state index contributed by atoms with van der Waals surface area (Å²) in [6, 6.07) is 10.1. The molecule has 1 saturated carbocycles. The second-order valence-corrected chi connectivity index (χ2v) is 3.65.